The van der Waals surface area contributed by atoms with E-state index in [1.807, 2.05) is 118 Å². The number of rotatable bonds is 8. The number of ether oxygens (including phenoxy) is 2. The number of carbonyl (C=O) groups is 1. The number of methoxy groups -OCH3 is 1. The van der Waals surface area contributed by atoms with Crippen molar-refractivity contribution in [2.24, 2.45) is 4.99 Å². The van der Waals surface area contributed by atoms with Crippen LogP contribution in [0.5, 0.6) is 5.75 Å². The smallest absolute Gasteiger partial charge is 0.331 e. The molecule has 0 spiro atoms. The average Bonchev–Trinajstić information content (AvgIpc) is 2.81. The van der Waals surface area contributed by atoms with Gasteiger partial charge in [0.15, 0.2) is 6.04 Å². The number of hydrogen-bond donors (Lipinski definition) is 0. The molecule has 0 fully saturated rings. The highest BCUT2D eigenvalue weighted by Gasteiger charge is 2.25. The van der Waals surface area contributed by atoms with Gasteiger partial charge in [-0.2, -0.15) is 0 Å². The van der Waals surface area contributed by atoms with Crippen LogP contribution in [0.4, 0.5) is 0 Å². The Bertz CT molecular complexity index is 1040. The third-order valence-corrected chi connectivity index (χ3v) is 4.84. The van der Waals surface area contributed by atoms with Crippen molar-refractivity contribution in [1.82, 2.24) is 0 Å². The molecule has 0 aliphatic carbocycles. The van der Waals surface area contributed by atoms with Crippen molar-refractivity contribution in [2.75, 3.05) is 7.11 Å². The highest BCUT2D eigenvalue weighted by atomic mass is 16.6. The summed E-state index contributed by atoms with van der Waals surface area (Å²) in [7, 11) is 1.64. The van der Waals surface area contributed by atoms with Gasteiger partial charge in [0.05, 0.1) is 12.8 Å². The maximum Gasteiger partial charge on any atom is 0.331 e. The van der Waals surface area contributed by atoms with Crippen LogP contribution >= 0.6 is 0 Å². The quantitative estimate of drug-likeness (QED) is 0.302. The second-order valence-corrected chi connectivity index (χ2v) is 8.67. The van der Waals surface area contributed by atoms with Crippen molar-refractivity contribution in [3.8, 4) is 5.75 Å². The first-order valence-electron chi connectivity index (χ1n) is 11.1. The Morgan fingerprint density at radius 3 is 1.91 bits per heavy atom. The molecule has 0 saturated carbocycles. The van der Waals surface area contributed by atoms with E-state index in [0.29, 0.717) is 6.42 Å². The summed E-state index contributed by atoms with van der Waals surface area (Å²) in [5.74, 6) is 0.463. The van der Waals surface area contributed by atoms with E-state index in [1.54, 1.807) is 7.11 Å². The Morgan fingerprint density at radius 2 is 1.42 bits per heavy atom. The van der Waals surface area contributed by atoms with E-state index in [4.69, 9.17) is 14.5 Å². The molecule has 0 aliphatic rings. The normalized spacial score (nSPS) is 12.2. The van der Waals surface area contributed by atoms with Crippen LogP contribution in [-0.2, 0) is 9.53 Å². The summed E-state index contributed by atoms with van der Waals surface area (Å²) in [6.45, 7) is 5.61. The van der Waals surface area contributed by atoms with Gasteiger partial charge in [0.2, 0.25) is 0 Å². The minimum atomic E-state index is -0.672. The minimum absolute atomic E-state index is 0.341. The SMILES string of the molecule is COc1ccc(/C=C/C[C@H](N=C(c2ccccc2)c2ccccc2)C(=O)OC(C)(C)C)cc1. The third kappa shape index (κ3) is 7.46. The summed E-state index contributed by atoms with van der Waals surface area (Å²) in [4.78, 5) is 18.0. The molecule has 3 aromatic carbocycles. The molecule has 4 nitrogen and oxygen atoms in total. The van der Waals surface area contributed by atoms with Crippen LogP contribution in [0.15, 0.2) is 96.0 Å². The number of carbonyl (C=O) groups excluding carboxylic acids is 1. The van der Waals surface area contributed by atoms with Gasteiger partial charge < -0.3 is 9.47 Å². The molecule has 0 bridgehead atoms. The fraction of sp³-hybridized carbons (Fsp3) is 0.241. The molecule has 3 rings (SSSR count). The van der Waals surface area contributed by atoms with Crippen molar-refractivity contribution in [1.29, 1.82) is 0 Å². The summed E-state index contributed by atoms with van der Waals surface area (Å²) in [5.41, 5.74) is 3.11. The monoisotopic (exact) mass is 441 g/mol. The van der Waals surface area contributed by atoms with Gasteiger partial charge in [-0.15, -0.1) is 0 Å². The molecule has 1 atom stereocenters. The molecule has 33 heavy (non-hydrogen) atoms. The average molecular weight is 442 g/mol. The molecule has 0 aromatic heterocycles. The first-order chi connectivity index (χ1) is 15.9. The molecule has 0 amide bonds. The molecule has 0 heterocycles. The maximum absolute atomic E-state index is 13.1. The summed E-state index contributed by atoms with van der Waals surface area (Å²) >= 11 is 0. The Morgan fingerprint density at radius 1 is 0.879 bits per heavy atom. The molecule has 0 unspecified atom stereocenters. The predicted molar refractivity (Wildman–Crippen MR) is 135 cm³/mol. The second kappa shape index (κ2) is 11.3. The number of benzene rings is 3. The van der Waals surface area contributed by atoms with E-state index in [2.05, 4.69) is 0 Å². The van der Waals surface area contributed by atoms with Gasteiger partial charge in [-0.3, -0.25) is 4.99 Å². The Balaban J connectivity index is 1.94. The molecular formula is C29H31NO3. The van der Waals surface area contributed by atoms with E-state index < -0.39 is 11.6 Å². The van der Waals surface area contributed by atoms with Crippen molar-refractivity contribution in [3.63, 3.8) is 0 Å². The van der Waals surface area contributed by atoms with E-state index in [1.165, 1.54) is 0 Å². The van der Waals surface area contributed by atoms with Crippen LogP contribution in [0.25, 0.3) is 6.08 Å². The lowest BCUT2D eigenvalue weighted by Crippen LogP contribution is -2.31. The number of aliphatic imine (C=N–C) groups is 1. The predicted octanol–water partition coefficient (Wildman–Crippen LogP) is 6.35. The molecule has 3 aromatic rings. The molecule has 170 valence electrons. The van der Waals surface area contributed by atoms with Crippen LogP contribution < -0.4 is 4.74 Å². The topological polar surface area (TPSA) is 47.9 Å². The Kier molecular flexibility index (Phi) is 8.20. The van der Waals surface area contributed by atoms with Gasteiger partial charge >= 0.3 is 5.97 Å². The van der Waals surface area contributed by atoms with Crippen LogP contribution in [0.1, 0.15) is 43.9 Å². The Labute approximate surface area is 196 Å². The lowest BCUT2D eigenvalue weighted by Gasteiger charge is -2.22. The van der Waals surface area contributed by atoms with Gasteiger partial charge in [0, 0.05) is 11.1 Å². The van der Waals surface area contributed by atoms with Crippen LogP contribution in [-0.4, -0.2) is 30.4 Å². The Hall–Kier alpha value is -3.66. The van der Waals surface area contributed by atoms with Crippen LogP contribution in [0, 0.1) is 0 Å². The molecule has 0 radical (unpaired) electrons. The standard InChI is InChI=1S/C29H31NO3/c1-29(2,3)33-28(31)26(17-11-12-22-18-20-25(32-4)21-19-22)30-27(23-13-7-5-8-14-23)24-15-9-6-10-16-24/h5-16,18-21,26H,17H2,1-4H3/b12-11+/t26-/m0/s1. The highest BCUT2D eigenvalue weighted by Crippen LogP contribution is 2.18. The van der Waals surface area contributed by atoms with E-state index in [-0.39, 0.29) is 5.97 Å². The van der Waals surface area contributed by atoms with Crippen molar-refractivity contribution in [2.45, 2.75) is 38.8 Å². The third-order valence-electron chi connectivity index (χ3n) is 4.84. The zero-order valence-corrected chi connectivity index (χ0v) is 19.7. The summed E-state index contributed by atoms with van der Waals surface area (Å²) in [5, 5.41) is 0. The lowest BCUT2D eigenvalue weighted by atomic mass is 10.0. The molecule has 0 aliphatic heterocycles. The molecule has 4 heteroatoms. The van der Waals surface area contributed by atoms with E-state index >= 15 is 0 Å². The zero-order chi connectivity index (χ0) is 23.7. The number of nitrogens with zero attached hydrogens (tertiary/aromatic N) is 1. The number of esters is 1. The van der Waals surface area contributed by atoms with Crippen LogP contribution in [0.2, 0.25) is 0 Å². The largest absolute Gasteiger partial charge is 0.497 e. The minimum Gasteiger partial charge on any atom is -0.497 e. The highest BCUT2D eigenvalue weighted by molar-refractivity contribution is 6.13. The summed E-state index contributed by atoms with van der Waals surface area (Å²) < 4.78 is 10.9. The number of hydrogen-bond acceptors (Lipinski definition) is 4. The van der Waals surface area contributed by atoms with Crippen molar-refractivity contribution in [3.05, 3.63) is 108 Å². The summed E-state index contributed by atoms with van der Waals surface area (Å²) in [6, 6.07) is 26.9. The molecule has 0 N–H and O–H groups in total. The first kappa shape index (κ1) is 24.0. The van der Waals surface area contributed by atoms with E-state index in [0.717, 1.165) is 28.2 Å². The maximum atomic E-state index is 13.1. The molecular weight excluding hydrogens is 410 g/mol. The van der Waals surface area contributed by atoms with Crippen LogP contribution in [0.3, 0.4) is 0 Å². The molecule has 0 saturated heterocycles. The first-order valence-corrected chi connectivity index (χ1v) is 11.1. The van der Waals surface area contributed by atoms with E-state index in [9.17, 15) is 4.79 Å². The second-order valence-electron chi connectivity index (χ2n) is 8.67. The fourth-order valence-corrected chi connectivity index (χ4v) is 3.28. The van der Waals surface area contributed by atoms with Crippen molar-refractivity contribution < 1.29 is 14.3 Å². The summed E-state index contributed by atoms with van der Waals surface area (Å²) in [6.07, 6.45) is 4.37. The lowest BCUT2D eigenvalue weighted by molar-refractivity contribution is -0.156. The van der Waals surface area contributed by atoms with Crippen molar-refractivity contribution >= 4 is 17.8 Å². The van der Waals surface area contributed by atoms with Gasteiger partial charge in [-0.1, -0.05) is 84.9 Å². The van der Waals surface area contributed by atoms with Gasteiger partial charge in [0.25, 0.3) is 0 Å². The van der Waals surface area contributed by atoms with Gasteiger partial charge in [0.1, 0.15) is 11.4 Å². The zero-order valence-electron chi connectivity index (χ0n) is 19.7. The fourth-order valence-electron chi connectivity index (χ4n) is 3.28. The van der Waals surface area contributed by atoms with Gasteiger partial charge in [-0.05, 0) is 44.9 Å². The van der Waals surface area contributed by atoms with Gasteiger partial charge in [-0.25, -0.2) is 4.79 Å².